The number of nitrogens with zero attached hydrogens (tertiary/aromatic N) is 4. The quantitative estimate of drug-likeness (QED) is 0.265. The molecular weight excluding hydrogens is 541 g/mol. The summed E-state index contributed by atoms with van der Waals surface area (Å²) in [5.41, 5.74) is 2.79. The molecule has 2 N–H and O–H groups in total. The van der Waals surface area contributed by atoms with E-state index < -0.39 is 24.0 Å². The number of nitrogens with one attached hydrogen (secondary N) is 2. The number of para-hydroxylation sites is 1. The van der Waals surface area contributed by atoms with Crippen molar-refractivity contribution in [2.75, 3.05) is 24.5 Å². The maximum Gasteiger partial charge on any atom is 0.471 e. The van der Waals surface area contributed by atoms with Gasteiger partial charge in [-0.3, -0.25) is 24.9 Å². The molecule has 0 radical (unpaired) electrons. The van der Waals surface area contributed by atoms with Crippen LogP contribution in [0.25, 0.3) is 10.9 Å². The van der Waals surface area contributed by atoms with E-state index in [9.17, 15) is 18.0 Å². The third-order valence-corrected chi connectivity index (χ3v) is 7.20. The second-order valence-corrected chi connectivity index (χ2v) is 10.3. The number of rotatable bonds is 8. The van der Waals surface area contributed by atoms with Crippen molar-refractivity contribution in [2.45, 2.75) is 45.0 Å². The molecule has 210 valence electrons. The third kappa shape index (κ3) is 5.87. The maximum absolute atomic E-state index is 13.9. The highest BCUT2D eigenvalue weighted by Crippen LogP contribution is 2.36. The minimum atomic E-state index is -5.06. The molecule has 2 atom stereocenters. The minimum Gasteiger partial charge on any atom is -0.489 e. The summed E-state index contributed by atoms with van der Waals surface area (Å²) < 4.78 is 47.8. The predicted octanol–water partition coefficient (Wildman–Crippen LogP) is 5.68. The van der Waals surface area contributed by atoms with E-state index in [0.717, 1.165) is 33.5 Å². The number of benzene rings is 2. The molecule has 3 heterocycles. The van der Waals surface area contributed by atoms with E-state index in [-0.39, 0.29) is 23.6 Å². The normalized spacial score (nSPS) is 17.8. The van der Waals surface area contributed by atoms with Crippen molar-refractivity contribution in [1.82, 2.24) is 25.1 Å². The second-order valence-electron chi connectivity index (χ2n) is 9.88. The maximum atomic E-state index is 13.9. The van der Waals surface area contributed by atoms with Gasteiger partial charge in [0.2, 0.25) is 4.77 Å². The summed E-state index contributed by atoms with van der Waals surface area (Å²) in [7, 11) is 0. The first kappa shape index (κ1) is 27.8. The first-order chi connectivity index (χ1) is 19.1. The van der Waals surface area contributed by atoms with Crippen LogP contribution in [0.1, 0.15) is 36.3 Å². The number of pyridine rings is 1. The molecule has 0 saturated carbocycles. The Hall–Kier alpha value is -3.77. The largest absolute Gasteiger partial charge is 0.489 e. The molecule has 1 aliphatic rings. The zero-order valence-electron chi connectivity index (χ0n) is 22.0. The third-order valence-electron chi connectivity index (χ3n) is 7.01. The lowest BCUT2D eigenvalue weighted by Gasteiger charge is -2.32. The van der Waals surface area contributed by atoms with Gasteiger partial charge in [-0.1, -0.05) is 25.1 Å². The monoisotopic (exact) mass is 570 g/mol. The number of hydrogen-bond donors (Lipinski definition) is 2. The average Bonchev–Trinajstić information content (AvgIpc) is 3.53. The predicted molar refractivity (Wildman–Crippen MR) is 148 cm³/mol. The first-order valence-corrected chi connectivity index (χ1v) is 13.4. The molecule has 5 rings (SSSR count). The lowest BCUT2D eigenvalue weighted by molar-refractivity contribution is -0.171. The summed E-state index contributed by atoms with van der Waals surface area (Å²) in [5.74, 6) is -1.53. The fraction of sp³-hybridized carbons (Fsp3) is 0.357. The molecule has 8 nitrogen and oxygen atoms in total. The van der Waals surface area contributed by atoms with Gasteiger partial charge in [0.25, 0.3) is 0 Å². The van der Waals surface area contributed by atoms with Gasteiger partial charge in [0, 0.05) is 35.4 Å². The number of carbonyl (C=O) groups excluding carboxylic acids is 1. The number of halogens is 3. The zero-order chi connectivity index (χ0) is 28.4. The van der Waals surface area contributed by atoms with E-state index >= 15 is 0 Å². The van der Waals surface area contributed by atoms with Crippen molar-refractivity contribution in [3.63, 3.8) is 0 Å². The summed E-state index contributed by atoms with van der Waals surface area (Å²) >= 11 is 5.08. The number of aromatic amines is 2. The summed E-state index contributed by atoms with van der Waals surface area (Å²) in [5, 5.41) is 6.55. The van der Waals surface area contributed by atoms with Crippen LogP contribution in [-0.2, 0) is 11.4 Å². The highest BCUT2D eigenvalue weighted by atomic mass is 32.1. The molecule has 1 amide bonds. The van der Waals surface area contributed by atoms with Crippen LogP contribution in [0.3, 0.4) is 0 Å². The molecule has 2 aromatic heterocycles. The molecular formula is C28H29F3N6O2S. The van der Waals surface area contributed by atoms with Crippen molar-refractivity contribution in [3.05, 3.63) is 76.5 Å². The zero-order valence-corrected chi connectivity index (χ0v) is 22.9. The van der Waals surface area contributed by atoms with Crippen LogP contribution in [0.5, 0.6) is 5.75 Å². The number of aryl methyl sites for hydroxylation is 1. The van der Waals surface area contributed by atoms with Crippen molar-refractivity contribution in [3.8, 4) is 5.75 Å². The van der Waals surface area contributed by atoms with E-state index in [2.05, 4.69) is 20.2 Å². The van der Waals surface area contributed by atoms with Gasteiger partial charge in [-0.2, -0.15) is 13.2 Å². The molecule has 0 aliphatic carbocycles. The van der Waals surface area contributed by atoms with Crippen LogP contribution in [-0.4, -0.2) is 62.8 Å². The van der Waals surface area contributed by atoms with Gasteiger partial charge in [0.05, 0.1) is 17.5 Å². The Labute approximate surface area is 234 Å². The van der Waals surface area contributed by atoms with Crippen molar-refractivity contribution < 1.29 is 22.7 Å². The molecule has 2 unspecified atom stereocenters. The van der Waals surface area contributed by atoms with Gasteiger partial charge >= 0.3 is 12.1 Å². The molecule has 1 saturated heterocycles. The Bertz CT molecular complexity index is 1550. The fourth-order valence-corrected chi connectivity index (χ4v) is 5.48. The summed E-state index contributed by atoms with van der Waals surface area (Å²) in [6, 6.07) is 15.0. The Morgan fingerprint density at radius 2 is 1.88 bits per heavy atom. The van der Waals surface area contributed by atoms with E-state index in [1.165, 1.54) is 12.1 Å². The number of fused-ring (bicyclic) bond motifs is 1. The van der Waals surface area contributed by atoms with E-state index in [1.807, 2.05) is 49.1 Å². The number of likely N-dealkylation sites (tertiary alicyclic amines) is 1. The van der Waals surface area contributed by atoms with Crippen LogP contribution in [0.2, 0.25) is 0 Å². The van der Waals surface area contributed by atoms with Crippen molar-refractivity contribution in [1.29, 1.82) is 0 Å². The van der Waals surface area contributed by atoms with Crippen LogP contribution in [0.4, 0.5) is 18.9 Å². The summed E-state index contributed by atoms with van der Waals surface area (Å²) in [4.78, 5) is 24.5. The Balaban J connectivity index is 1.43. The summed E-state index contributed by atoms with van der Waals surface area (Å²) in [6.45, 7) is 5.55. The van der Waals surface area contributed by atoms with E-state index in [4.69, 9.17) is 17.0 Å². The van der Waals surface area contributed by atoms with E-state index in [0.29, 0.717) is 24.7 Å². The van der Waals surface area contributed by atoms with Gasteiger partial charge < -0.3 is 9.64 Å². The first-order valence-electron chi connectivity index (χ1n) is 13.0. The lowest BCUT2D eigenvalue weighted by atomic mass is 10.00. The number of amides is 1. The van der Waals surface area contributed by atoms with Gasteiger partial charge in [0.15, 0.2) is 0 Å². The Kier molecular flexibility index (Phi) is 7.90. The van der Waals surface area contributed by atoms with Crippen LogP contribution in [0.15, 0.2) is 54.6 Å². The number of anilines is 1. The standard InChI is InChI=1S/C28H29F3N6O2S/c1-3-12-36-14-22(25-33-27(40)35-34-25)24(15-36)37(26(38)28(29,30)31)19-8-10-20(11-9-19)39-16-18-13-17(2)32-23-7-5-4-6-21(18)23/h4-11,13,22,24H,3,12,14-16H2,1-2H3,(H2,33,34,35,40). The molecule has 2 aromatic carbocycles. The molecule has 40 heavy (non-hydrogen) atoms. The van der Waals surface area contributed by atoms with Crippen molar-refractivity contribution in [2.24, 2.45) is 0 Å². The van der Waals surface area contributed by atoms with E-state index in [1.54, 1.807) is 12.1 Å². The van der Waals surface area contributed by atoms with Gasteiger partial charge in [0.1, 0.15) is 18.2 Å². The van der Waals surface area contributed by atoms with Crippen LogP contribution < -0.4 is 9.64 Å². The molecule has 1 aliphatic heterocycles. The Morgan fingerprint density at radius 1 is 1.12 bits per heavy atom. The van der Waals surface area contributed by atoms with Gasteiger partial charge in [-0.15, -0.1) is 0 Å². The lowest BCUT2D eigenvalue weighted by Crippen LogP contribution is -2.50. The topological polar surface area (TPSA) is 90.1 Å². The number of ether oxygens (including phenoxy) is 1. The highest BCUT2D eigenvalue weighted by Gasteiger charge is 2.49. The van der Waals surface area contributed by atoms with Crippen molar-refractivity contribution >= 4 is 34.7 Å². The molecule has 4 aromatic rings. The van der Waals surface area contributed by atoms with Crippen LogP contribution >= 0.6 is 12.2 Å². The average molecular weight is 571 g/mol. The fourth-order valence-electron chi connectivity index (χ4n) is 5.33. The number of aromatic nitrogens is 4. The number of carbonyl (C=O) groups is 1. The summed E-state index contributed by atoms with van der Waals surface area (Å²) in [6.07, 6.45) is -4.24. The molecule has 0 bridgehead atoms. The van der Waals surface area contributed by atoms with Gasteiger partial charge in [-0.25, -0.2) is 4.98 Å². The van der Waals surface area contributed by atoms with Crippen LogP contribution in [0, 0.1) is 11.7 Å². The second kappa shape index (κ2) is 11.4. The molecule has 1 fully saturated rings. The molecule has 12 heteroatoms. The van der Waals surface area contributed by atoms with Gasteiger partial charge in [-0.05, 0) is 68.5 Å². The Morgan fingerprint density at radius 3 is 2.55 bits per heavy atom. The smallest absolute Gasteiger partial charge is 0.471 e. The number of alkyl halides is 3. The minimum absolute atomic E-state index is 0.127. The number of H-pyrrole nitrogens is 2. The number of hydrogen-bond acceptors (Lipinski definition) is 6. The molecule has 0 spiro atoms. The SMILES string of the molecule is CCCN1CC(c2nc(=S)[nH][nH]2)C(N(C(=O)C(F)(F)F)c2ccc(OCc3cc(C)nc4ccccc34)cc2)C1. The highest BCUT2D eigenvalue weighted by molar-refractivity contribution is 7.71.